The first kappa shape index (κ1) is 10.7. The average molecular weight is 223 g/mol. The largest absolute Gasteiger partial charge is 0.317 e. The summed E-state index contributed by atoms with van der Waals surface area (Å²) in [7, 11) is 0. The van der Waals surface area contributed by atoms with Crippen LogP contribution in [-0.2, 0) is 4.79 Å². The summed E-state index contributed by atoms with van der Waals surface area (Å²) in [6, 6.07) is 3.91. The predicted molar refractivity (Wildman–Crippen MR) is 64.1 cm³/mol. The van der Waals surface area contributed by atoms with Gasteiger partial charge in [-0.3, -0.25) is 4.79 Å². The second-order valence-electron chi connectivity index (χ2n) is 4.42. The van der Waals surface area contributed by atoms with Crippen molar-refractivity contribution in [1.29, 1.82) is 0 Å². The van der Waals surface area contributed by atoms with E-state index in [0.29, 0.717) is 0 Å². The van der Waals surface area contributed by atoms with Gasteiger partial charge in [-0.25, -0.2) is 0 Å². The molecule has 1 aromatic heterocycles. The van der Waals surface area contributed by atoms with E-state index in [-0.39, 0.29) is 11.8 Å². The monoisotopic (exact) mass is 223 g/mol. The molecule has 0 spiro atoms. The number of rotatable bonds is 2. The molecule has 1 fully saturated rings. The number of carbonyl (C=O) groups is 1. The Bertz CT molecular complexity index is 312. The second-order valence-corrected chi connectivity index (χ2v) is 5.37. The molecule has 2 rings (SSSR count). The van der Waals surface area contributed by atoms with Gasteiger partial charge in [0.25, 0.3) is 0 Å². The molecule has 0 atom stereocenters. The molecule has 2 nitrogen and oxygen atoms in total. The second kappa shape index (κ2) is 4.79. The molecule has 0 aliphatic heterocycles. The Morgan fingerprint density at radius 3 is 2.73 bits per heavy atom. The number of hydrogen-bond acceptors (Lipinski definition) is 2. The molecule has 1 amide bonds. The van der Waals surface area contributed by atoms with E-state index in [2.05, 4.69) is 12.2 Å². The van der Waals surface area contributed by atoms with E-state index in [9.17, 15) is 4.79 Å². The molecule has 0 unspecified atom stereocenters. The Morgan fingerprint density at radius 1 is 1.40 bits per heavy atom. The highest BCUT2D eigenvalue weighted by Gasteiger charge is 2.24. The highest BCUT2D eigenvalue weighted by atomic mass is 32.1. The standard InChI is InChI=1S/C12H17NOS/c1-9-4-6-10(7-5-9)12(14)13-11-3-2-8-15-11/h2-3,8-10H,4-7H2,1H3,(H,13,14). The number of thiophene rings is 1. The van der Waals surface area contributed by atoms with Crippen LogP contribution in [0.3, 0.4) is 0 Å². The maximum atomic E-state index is 11.9. The van der Waals surface area contributed by atoms with Gasteiger partial charge in [-0.05, 0) is 49.1 Å². The van der Waals surface area contributed by atoms with Crippen molar-refractivity contribution >= 4 is 22.2 Å². The fourth-order valence-corrected chi connectivity index (χ4v) is 2.72. The molecule has 0 bridgehead atoms. The van der Waals surface area contributed by atoms with Crippen molar-refractivity contribution in [3.8, 4) is 0 Å². The van der Waals surface area contributed by atoms with Crippen LogP contribution in [0.1, 0.15) is 32.6 Å². The van der Waals surface area contributed by atoms with Crippen molar-refractivity contribution in [2.24, 2.45) is 11.8 Å². The lowest BCUT2D eigenvalue weighted by Gasteiger charge is -2.24. The van der Waals surface area contributed by atoms with Crippen LogP contribution in [0.4, 0.5) is 5.00 Å². The van der Waals surface area contributed by atoms with Crippen LogP contribution in [0.15, 0.2) is 17.5 Å². The minimum atomic E-state index is 0.212. The zero-order chi connectivity index (χ0) is 10.7. The fraction of sp³-hybridized carbons (Fsp3) is 0.583. The quantitative estimate of drug-likeness (QED) is 0.816. The topological polar surface area (TPSA) is 29.1 Å². The Labute approximate surface area is 94.7 Å². The molecule has 1 aliphatic carbocycles. The molecular weight excluding hydrogens is 206 g/mol. The zero-order valence-electron chi connectivity index (χ0n) is 9.03. The van der Waals surface area contributed by atoms with Gasteiger partial charge in [-0.1, -0.05) is 6.92 Å². The van der Waals surface area contributed by atoms with E-state index >= 15 is 0 Å². The number of anilines is 1. The summed E-state index contributed by atoms with van der Waals surface area (Å²) in [5, 5.41) is 5.94. The average Bonchev–Trinajstić information content (AvgIpc) is 2.71. The number of carbonyl (C=O) groups excluding carboxylic acids is 1. The molecule has 1 saturated carbocycles. The van der Waals surface area contributed by atoms with E-state index in [1.807, 2.05) is 17.5 Å². The van der Waals surface area contributed by atoms with Crippen LogP contribution in [-0.4, -0.2) is 5.91 Å². The van der Waals surface area contributed by atoms with Gasteiger partial charge in [-0.15, -0.1) is 11.3 Å². The maximum absolute atomic E-state index is 11.9. The molecule has 0 radical (unpaired) electrons. The fourth-order valence-electron chi connectivity index (χ4n) is 2.10. The number of amides is 1. The lowest BCUT2D eigenvalue weighted by molar-refractivity contribution is -0.120. The first-order valence-electron chi connectivity index (χ1n) is 5.60. The normalized spacial score (nSPS) is 26.2. The highest BCUT2D eigenvalue weighted by Crippen LogP contribution is 2.29. The molecule has 0 aromatic carbocycles. The van der Waals surface area contributed by atoms with Crippen molar-refractivity contribution in [3.63, 3.8) is 0 Å². The zero-order valence-corrected chi connectivity index (χ0v) is 9.85. The molecule has 1 aliphatic rings. The highest BCUT2D eigenvalue weighted by molar-refractivity contribution is 7.14. The van der Waals surface area contributed by atoms with Crippen molar-refractivity contribution in [3.05, 3.63) is 17.5 Å². The molecule has 1 N–H and O–H groups in total. The van der Waals surface area contributed by atoms with Crippen molar-refractivity contribution < 1.29 is 4.79 Å². The van der Waals surface area contributed by atoms with Crippen LogP contribution in [0.25, 0.3) is 0 Å². The summed E-state index contributed by atoms with van der Waals surface area (Å²) in [6.07, 6.45) is 4.50. The third kappa shape index (κ3) is 2.81. The van der Waals surface area contributed by atoms with E-state index in [1.54, 1.807) is 11.3 Å². The van der Waals surface area contributed by atoms with Crippen LogP contribution < -0.4 is 5.32 Å². The maximum Gasteiger partial charge on any atom is 0.228 e. The summed E-state index contributed by atoms with van der Waals surface area (Å²) in [6.45, 7) is 2.27. The van der Waals surface area contributed by atoms with Crippen LogP contribution >= 0.6 is 11.3 Å². The van der Waals surface area contributed by atoms with E-state index in [0.717, 1.165) is 23.8 Å². The van der Waals surface area contributed by atoms with Crippen LogP contribution in [0, 0.1) is 11.8 Å². The Kier molecular flexibility index (Phi) is 3.41. The van der Waals surface area contributed by atoms with Gasteiger partial charge in [-0.2, -0.15) is 0 Å². The van der Waals surface area contributed by atoms with Crippen LogP contribution in [0.5, 0.6) is 0 Å². The number of hydrogen-bond donors (Lipinski definition) is 1. The molecule has 82 valence electrons. The lowest BCUT2D eigenvalue weighted by atomic mass is 9.82. The lowest BCUT2D eigenvalue weighted by Crippen LogP contribution is -2.26. The molecule has 1 aromatic rings. The van der Waals surface area contributed by atoms with Crippen molar-refractivity contribution in [2.45, 2.75) is 32.6 Å². The van der Waals surface area contributed by atoms with E-state index in [4.69, 9.17) is 0 Å². The SMILES string of the molecule is CC1CCC(C(=O)Nc2cccs2)CC1. The molecular formula is C12H17NOS. The van der Waals surface area contributed by atoms with Gasteiger partial charge in [0, 0.05) is 5.92 Å². The molecule has 0 saturated heterocycles. The summed E-state index contributed by atoms with van der Waals surface area (Å²) >= 11 is 1.58. The van der Waals surface area contributed by atoms with Gasteiger partial charge in [0.1, 0.15) is 0 Å². The smallest absolute Gasteiger partial charge is 0.228 e. The Hall–Kier alpha value is -0.830. The predicted octanol–water partition coefficient (Wildman–Crippen LogP) is 3.51. The third-order valence-electron chi connectivity index (χ3n) is 3.15. The number of nitrogens with one attached hydrogen (secondary N) is 1. The summed E-state index contributed by atoms with van der Waals surface area (Å²) in [5.74, 6) is 1.25. The van der Waals surface area contributed by atoms with Gasteiger partial charge in [0.05, 0.1) is 5.00 Å². The van der Waals surface area contributed by atoms with Crippen molar-refractivity contribution in [2.75, 3.05) is 5.32 Å². The van der Waals surface area contributed by atoms with Crippen LogP contribution in [0.2, 0.25) is 0 Å². The molecule has 3 heteroatoms. The molecule has 15 heavy (non-hydrogen) atoms. The summed E-state index contributed by atoms with van der Waals surface area (Å²) in [4.78, 5) is 11.9. The summed E-state index contributed by atoms with van der Waals surface area (Å²) in [5.41, 5.74) is 0. The summed E-state index contributed by atoms with van der Waals surface area (Å²) < 4.78 is 0. The Morgan fingerprint density at radius 2 is 2.13 bits per heavy atom. The van der Waals surface area contributed by atoms with Gasteiger partial charge < -0.3 is 5.32 Å². The van der Waals surface area contributed by atoms with Gasteiger partial charge in [0.2, 0.25) is 5.91 Å². The van der Waals surface area contributed by atoms with E-state index in [1.165, 1.54) is 12.8 Å². The molecule has 1 heterocycles. The Balaban J connectivity index is 1.86. The first-order chi connectivity index (χ1) is 7.25. The van der Waals surface area contributed by atoms with Gasteiger partial charge in [0.15, 0.2) is 0 Å². The van der Waals surface area contributed by atoms with Gasteiger partial charge >= 0.3 is 0 Å². The minimum Gasteiger partial charge on any atom is -0.317 e. The van der Waals surface area contributed by atoms with E-state index < -0.39 is 0 Å². The third-order valence-corrected chi connectivity index (χ3v) is 3.94. The minimum absolute atomic E-state index is 0.212. The first-order valence-corrected chi connectivity index (χ1v) is 6.48. The van der Waals surface area contributed by atoms with Crippen molar-refractivity contribution in [1.82, 2.24) is 0 Å².